The number of carbonyl (C=O) groups excluding carboxylic acids is 1. The Balaban J connectivity index is 2.09. The van der Waals surface area contributed by atoms with Gasteiger partial charge in [-0.05, 0) is 68.3 Å². The van der Waals surface area contributed by atoms with Crippen LogP contribution in [0.15, 0.2) is 42.5 Å². The summed E-state index contributed by atoms with van der Waals surface area (Å²) >= 11 is 0. The van der Waals surface area contributed by atoms with Crippen LogP contribution in [0.25, 0.3) is 0 Å². The maximum absolute atomic E-state index is 12.2. The average molecular weight is 332 g/mol. The van der Waals surface area contributed by atoms with Gasteiger partial charge in [0.1, 0.15) is 0 Å². The Morgan fingerprint density at radius 1 is 0.957 bits per heavy atom. The predicted molar refractivity (Wildman–Crippen MR) is 93.4 cm³/mol. The van der Waals surface area contributed by atoms with Gasteiger partial charge in [-0.2, -0.15) is 0 Å². The molecule has 23 heavy (non-hydrogen) atoms. The predicted octanol–water partition coefficient (Wildman–Crippen LogP) is 3.32. The van der Waals surface area contributed by atoms with Gasteiger partial charge in [0.2, 0.25) is 10.0 Å². The number of amides is 1. The van der Waals surface area contributed by atoms with Gasteiger partial charge < -0.3 is 5.32 Å². The third-order valence-electron chi connectivity index (χ3n) is 3.57. The zero-order valence-electron chi connectivity index (χ0n) is 13.4. The largest absolute Gasteiger partial charge is 0.322 e. The summed E-state index contributed by atoms with van der Waals surface area (Å²) in [7, 11) is -3.31. The van der Waals surface area contributed by atoms with Gasteiger partial charge in [0.05, 0.1) is 5.75 Å². The van der Waals surface area contributed by atoms with Crippen LogP contribution in [0.1, 0.15) is 28.4 Å². The minimum absolute atomic E-state index is 0.00200. The monoisotopic (exact) mass is 332 g/mol. The molecule has 0 aliphatic heterocycles. The number of carbonyl (C=O) groups is 1. The van der Waals surface area contributed by atoms with Gasteiger partial charge in [-0.15, -0.1) is 0 Å². The molecule has 2 rings (SSSR count). The fourth-order valence-corrected chi connectivity index (χ4v) is 2.60. The van der Waals surface area contributed by atoms with Gasteiger partial charge in [0.25, 0.3) is 5.91 Å². The van der Waals surface area contributed by atoms with E-state index in [9.17, 15) is 13.2 Å². The lowest BCUT2D eigenvalue weighted by Gasteiger charge is -2.09. The number of nitrogens with one attached hydrogen (secondary N) is 2. The van der Waals surface area contributed by atoms with E-state index in [0.29, 0.717) is 11.3 Å². The van der Waals surface area contributed by atoms with Crippen molar-refractivity contribution in [3.05, 3.63) is 59.2 Å². The fourth-order valence-electron chi connectivity index (χ4n) is 1.96. The molecular formula is C17H20N2O3S. The van der Waals surface area contributed by atoms with Crippen molar-refractivity contribution in [2.24, 2.45) is 0 Å². The summed E-state index contributed by atoms with van der Waals surface area (Å²) in [5.74, 6) is -0.236. The Kier molecular flexibility index (Phi) is 5.05. The second-order valence-corrected chi connectivity index (χ2v) is 7.35. The van der Waals surface area contributed by atoms with Gasteiger partial charge in [-0.3, -0.25) is 9.52 Å². The molecule has 0 fully saturated rings. The van der Waals surface area contributed by atoms with E-state index in [1.165, 1.54) is 0 Å². The van der Waals surface area contributed by atoms with Crippen LogP contribution >= 0.6 is 0 Å². The third kappa shape index (κ3) is 4.56. The zero-order valence-corrected chi connectivity index (χ0v) is 14.2. The zero-order chi connectivity index (χ0) is 17.0. The highest BCUT2D eigenvalue weighted by Crippen LogP contribution is 2.16. The summed E-state index contributed by atoms with van der Waals surface area (Å²) in [6.07, 6.45) is 0. The van der Waals surface area contributed by atoms with Gasteiger partial charge >= 0.3 is 0 Å². The quantitative estimate of drug-likeness (QED) is 0.882. The summed E-state index contributed by atoms with van der Waals surface area (Å²) in [6.45, 7) is 5.56. The van der Waals surface area contributed by atoms with Gasteiger partial charge in [-0.1, -0.05) is 6.07 Å². The highest BCUT2D eigenvalue weighted by molar-refractivity contribution is 7.92. The lowest BCUT2D eigenvalue weighted by atomic mass is 10.1. The lowest BCUT2D eigenvalue weighted by molar-refractivity contribution is 0.102. The van der Waals surface area contributed by atoms with E-state index in [1.807, 2.05) is 32.0 Å². The Bertz CT molecular complexity index is 812. The van der Waals surface area contributed by atoms with Crippen LogP contribution < -0.4 is 10.0 Å². The van der Waals surface area contributed by atoms with Gasteiger partial charge in [0.15, 0.2) is 0 Å². The topological polar surface area (TPSA) is 75.3 Å². The first-order valence-corrected chi connectivity index (χ1v) is 8.95. The molecule has 0 radical (unpaired) electrons. The van der Waals surface area contributed by atoms with E-state index < -0.39 is 10.0 Å². The number of sulfonamides is 1. The van der Waals surface area contributed by atoms with Crippen molar-refractivity contribution in [2.45, 2.75) is 20.8 Å². The van der Waals surface area contributed by atoms with E-state index in [2.05, 4.69) is 10.0 Å². The number of rotatable bonds is 5. The van der Waals surface area contributed by atoms with Crippen molar-refractivity contribution in [1.29, 1.82) is 0 Å². The minimum atomic E-state index is -3.31. The average Bonchev–Trinajstić information content (AvgIpc) is 2.51. The van der Waals surface area contributed by atoms with Crippen molar-refractivity contribution in [2.75, 3.05) is 15.8 Å². The molecule has 1 amide bonds. The van der Waals surface area contributed by atoms with Gasteiger partial charge in [0, 0.05) is 16.9 Å². The second kappa shape index (κ2) is 6.83. The smallest absolute Gasteiger partial charge is 0.255 e. The fraction of sp³-hybridized carbons (Fsp3) is 0.235. The third-order valence-corrected chi connectivity index (χ3v) is 4.87. The van der Waals surface area contributed by atoms with E-state index in [0.717, 1.165) is 16.8 Å². The van der Waals surface area contributed by atoms with Crippen LogP contribution in [0.4, 0.5) is 11.4 Å². The van der Waals surface area contributed by atoms with Crippen molar-refractivity contribution < 1.29 is 13.2 Å². The molecule has 0 saturated heterocycles. The van der Waals surface area contributed by atoms with E-state index in [-0.39, 0.29) is 11.7 Å². The Morgan fingerprint density at radius 3 is 2.13 bits per heavy atom. The van der Waals surface area contributed by atoms with Crippen molar-refractivity contribution in [1.82, 2.24) is 0 Å². The first-order chi connectivity index (χ1) is 10.8. The molecule has 0 aromatic heterocycles. The number of aryl methyl sites for hydroxylation is 2. The molecular weight excluding hydrogens is 312 g/mol. The van der Waals surface area contributed by atoms with Crippen LogP contribution in [0.3, 0.4) is 0 Å². The van der Waals surface area contributed by atoms with Crippen LogP contribution in [0.2, 0.25) is 0 Å². The maximum atomic E-state index is 12.2. The summed E-state index contributed by atoms with van der Waals surface area (Å²) in [6, 6.07) is 12.0. The molecule has 2 N–H and O–H groups in total. The van der Waals surface area contributed by atoms with Crippen LogP contribution in [0, 0.1) is 13.8 Å². The number of benzene rings is 2. The Labute approximate surface area is 136 Å². The summed E-state index contributed by atoms with van der Waals surface area (Å²) in [5, 5.41) is 2.83. The first-order valence-electron chi connectivity index (χ1n) is 7.30. The molecule has 0 unspecified atom stereocenters. The standard InChI is InChI=1S/C17H20N2O3S/c1-4-23(21,22)19-15-9-6-14(7-10-15)17(20)18-16-8-5-12(2)13(3)11-16/h5-11,19H,4H2,1-3H3,(H,18,20). The number of anilines is 2. The van der Waals surface area contributed by atoms with Crippen molar-refractivity contribution >= 4 is 27.3 Å². The SMILES string of the molecule is CCS(=O)(=O)Nc1ccc(C(=O)Nc2ccc(C)c(C)c2)cc1. The molecule has 2 aromatic rings. The highest BCUT2D eigenvalue weighted by atomic mass is 32.2. The van der Waals surface area contributed by atoms with E-state index in [1.54, 1.807) is 31.2 Å². The first kappa shape index (κ1) is 17.0. The Morgan fingerprint density at radius 2 is 1.57 bits per heavy atom. The molecule has 122 valence electrons. The van der Waals surface area contributed by atoms with E-state index in [4.69, 9.17) is 0 Å². The summed E-state index contributed by atoms with van der Waals surface area (Å²) in [5.41, 5.74) is 3.90. The Hall–Kier alpha value is -2.34. The molecule has 0 aliphatic carbocycles. The van der Waals surface area contributed by atoms with E-state index >= 15 is 0 Å². The molecule has 0 heterocycles. The number of hydrogen-bond donors (Lipinski definition) is 2. The lowest BCUT2D eigenvalue weighted by Crippen LogP contribution is -2.15. The second-order valence-electron chi connectivity index (χ2n) is 5.34. The van der Waals surface area contributed by atoms with Crippen molar-refractivity contribution in [3.8, 4) is 0 Å². The molecule has 6 heteroatoms. The molecule has 0 atom stereocenters. The highest BCUT2D eigenvalue weighted by Gasteiger charge is 2.09. The van der Waals surface area contributed by atoms with Crippen molar-refractivity contribution in [3.63, 3.8) is 0 Å². The molecule has 0 spiro atoms. The minimum Gasteiger partial charge on any atom is -0.322 e. The van der Waals surface area contributed by atoms with Crippen LogP contribution in [-0.2, 0) is 10.0 Å². The maximum Gasteiger partial charge on any atom is 0.255 e. The van der Waals surface area contributed by atoms with Crippen LogP contribution in [0.5, 0.6) is 0 Å². The van der Waals surface area contributed by atoms with Crippen LogP contribution in [-0.4, -0.2) is 20.1 Å². The molecule has 2 aromatic carbocycles. The molecule has 0 bridgehead atoms. The summed E-state index contributed by atoms with van der Waals surface area (Å²) < 4.78 is 25.4. The molecule has 5 nitrogen and oxygen atoms in total. The number of hydrogen-bond acceptors (Lipinski definition) is 3. The molecule has 0 aliphatic rings. The normalized spacial score (nSPS) is 11.1. The summed E-state index contributed by atoms with van der Waals surface area (Å²) in [4.78, 5) is 12.2. The molecule has 0 saturated carbocycles. The van der Waals surface area contributed by atoms with Gasteiger partial charge in [-0.25, -0.2) is 8.42 Å².